The van der Waals surface area contributed by atoms with Crippen molar-refractivity contribution in [1.82, 2.24) is 15.6 Å². The molecule has 0 saturated heterocycles. The average molecular weight is 396 g/mol. The third kappa shape index (κ3) is 5.34. The molecule has 3 rings (SSSR count). The van der Waals surface area contributed by atoms with Crippen molar-refractivity contribution in [2.75, 3.05) is 13.7 Å². The molecule has 29 heavy (non-hydrogen) atoms. The molecule has 2 N–H and O–H groups in total. The fourth-order valence-electron chi connectivity index (χ4n) is 2.81. The summed E-state index contributed by atoms with van der Waals surface area (Å²) in [5, 5.41) is 6.47. The van der Waals surface area contributed by atoms with E-state index in [1.165, 1.54) is 13.2 Å². The first-order chi connectivity index (χ1) is 14.1. The SMILES string of the molecule is CCNC(=NCc1coc(-c2ccccc2)n1)NC(C)c1ccc(OC)c(F)c1. The quantitative estimate of drug-likeness (QED) is 0.460. The standard InChI is InChI=1S/C22H25FN4O2/c1-4-24-22(26-15(2)17-10-11-20(28-3)19(23)12-17)25-13-18-14-29-21(27-18)16-8-6-5-7-9-16/h5-12,14-15H,4,13H2,1-3H3,(H2,24,25,26). The van der Waals surface area contributed by atoms with Crippen LogP contribution in [0.5, 0.6) is 5.75 Å². The zero-order chi connectivity index (χ0) is 20.6. The minimum Gasteiger partial charge on any atom is -0.494 e. The van der Waals surface area contributed by atoms with Crippen LogP contribution < -0.4 is 15.4 Å². The van der Waals surface area contributed by atoms with Gasteiger partial charge >= 0.3 is 0 Å². The van der Waals surface area contributed by atoms with Crippen molar-refractivity contribution in [3.8, 4) is 17.2 Å². The Morgan fingerprint density at radius 2 is 2.03 bits per heavy atom. The fourth-order valence-corrected chi connectivity index (χ4v) is 2.81. The molecule has 0 aliphatic carbocycles. The summed E-state index contributed by atoms with van der Waals surface area (Å²) >= 11 is 0. The van der Waals surface area contributed by atoms with E-state index in [-0.39, 0.29) is 11.8 Å². The van der Waals surface area contributed by atoms with Crippen molar-refractivity contribution < 1.29 is 13.5 Å². The third-order valence-electron chi connectivity index (χ3n) is 4.34. The van der Waals surface area contributed by atoms with Gasteiger partial charge < -0.3 is 19.8 Å². The molecule has 0 aliphatic heterocycles. The predicted molar refractivity (Wildman–Crippen MR) is 111 cm³/mol. The number of halogens is 1. The lowest BCUT2D eigenvalue weighted by atomic mass is 10.1. The minimum absolute atomic E-state index is 0.148. The molecule has 1 aromatic heterocycles. The number of hydrogen-bond acceptors (Lipinski definition) is 4. The largest absolute Gasteiger partial charge is 0.494 e. The zero-order valence-electron chi connectivity index (χ0n) is 16.8. The van der Waals surface area contributed by atoms with Crippen molar-refractivity contribution in [1.29, 1.82) is 0 Å². The van der Waals surface area contributed by atoms with E-state index in [1.807, 2.05) is 50.2 Å². The minimum atomic E-state index is -0.392. The average Bonchev–Trinajstić information content (AvgIpc) is 3.22. The lowest BCUT2D eigenvalue weighted by molar-refractivity contribution is 0.386. The molecule has 3 aromatic rings. The van der Waals surface area contributed by atoms with Crippen molar-refractivity contribution in [3.05, 3.63) is 71.9 Å². The van der Waals surface area contributed by atoms with E-state index in [0.717, 1.165) is 16.8 Å². The third-order valence-corrected chi connectivity index (χ3v) is 4.34. The number of oxazole rings is 1. The van der Waals surface area contributed by atoms with Crippen molar-refractivity contribution >= 4 is 5.96 Å². The maximum atomic E-state index is 14.0. The van der Waals surface area contributed by atoms with Gasteiger partial charge in [0.15, 0.2) is 17.5 Å². The lowest BCUT2D eigenvalue weighted by Gasteiger charge is -2.18. The molecule has 6 nitrogen and oxygen atoms in total. The molecule has 7 heteroatoms. The number of benzene rings is 2. The summed E-state index contributed by atoms with van der Waals surface area (Å²) < 4.78 is 24.5. The van der Waals surface area contributed by atoms with Crippen molar-refractivity contribution in [3.63, 3.8) is 0 Å². The Labute approximate surface area is 169 Å². The first-order valence-corrected chi connectivity index (χ1v) is 9.48. The molecule has 0 radical (unpaired) electrons. The van der Waals surface area contributed by atoms with Crippen LogP contribution in [-0.4, -0.2) is 24.6 Å². The highest BCUT2D eigenvalue weighted by Gasteiger charge is 2.12. The number of methoxy groups -OCH3 is 1. The smallest absolute Gasteiger partial charge is 0.226 e. The van der Waals surface area contributed by atoms with Crippen molar-refractivity contribution in [2.45, 2.75) is 26.4 Å². The number of nitrogens with one attached hydrogen (secondary N) is 2. The fraction of sp³-hybridized carbons (Fsp3) is 0.273. The lowest BCUT2D eigenvalue weighted by Crippen LogP contribution is -2.38. The summed E-state index contributed by atoms with van der Waals surface area (Å²) in [6, 6.07) is 14.5. The van der Waals surface area contributed by atoms with Gasteiger partial charge in [0.05, 0.1) is 19.7 Å². The monoisotopic (exact) mass is 396 g/mol. The van der Waals surface area contributed by atoms with Gasteiger partial charge in [-0.2, -0.15) is 0 Å². The van der Waals surface area contributed by atoms with Crippen LogP contribution in [0.3, 0.4) is 0 Å². The second kappa shape index (κ2) is 9.73. The van der Waals surface area contributed by atoms with Crippen molar-refractivity contribution in [2.24, 2.45) is 4.99 Å². The van der Waals surface area contributed by atoms with Gasteiger partial charge in [-0.1, -0.05) is 24.3 Å². The van der Waals surface area contributed by atoms with E-state index >= 15 is 0 Å². The molecule has 1 heterocycles. The van der Waals surface area contributed by atoms with Crippen LogP contribution in [0.25, 0.3) is 11.5 Å². The molecule has 1 atom stereocenters. The van der Waals surface area contributed by atoms with Gasteiger partial charge in [0.2, 0.25) is 5.89 Å². The molecule has 0 aliphatic rings. The highest BCUT2D eigenvalue weighted by molar-refractivity contribution is 5.80. The van der Waals surface area contributed by atoms with E-state index in [2.05, 4.69) is 20.6 Å². The van der Waals surface area contributed by atoms with Gasteiger partial charge in [0, 0.05) is 12.1 Å². The Morgan fingerprint density at radius 1 is 1.24 bits per heavy atom. The van der Waals surface area contributed by atoms with Gasteiger partial charge in [0.25, 0.3) is 0 Å². The second-order valence-electron chi connectivity index (χ2n) is 6.47. The maximum Gasteiger partial charge on any atom is 0.226 e. The number of guanidine groups is 1. The van der Waals surface area contributed by atoms with Gasteiger partial charge in [-0.3, -0.25) is 0 Å². The van der Waals surface area contributed by atoms with Crippen LogP contribution in [0.4, 0.5) is 4.39 Å². The summed E-state index contributed by atoms with van der Waals surface area (Å²) in [6.45, 7) is 4.98. The molecule has 0 amide bonds. The Balaban J connectivity index is 1.68. The number of aromatic nitrogens is 1. The van der Waals surface area contributed by atoms with Gasteiger partial charge in [-0.15, -0.1) is 0 Å². The summed E-state index contributed by atoms with van der Waals surface area (Å²) in [5.41, 5.74) is 2.44. The second-order valence-corrected chi connectivity index (χ2v) is 6.47. The predicted octanol–water partition coefficient (Wildman–Crippen LogP) is 4.31. The number of nitrogens with zero attached hydrogens (tertiary/aromatic N) is 2. The Morgan fingerprint density at radius 3 is 2.72 bits per heavy atom. The first-order valence-electron chi connectivity index (χ1n) is 9.48. The normalized spacial score (nSPS) is 12.5. The topological polar surface area (TPSA) is 71.7 Å². The number of rotatable bonds is 7. The summed E-state index contributed by atoms with van der Waals surface area (Å²) in [7, 11) is 1.45. The van der Waals surface area contributed by atoms with Crippen LogP contribution in [0.15, 0.2) is 64.2 Å². The van der Waals surface area contributed by atoms with Crippen LogP contribution >= 0.6 is 0 Å². The van der Waals surface area contributed by atoms with E-state index < -0.39 is 5.82 Å². The first kappa shape index (κ1) is 20.4. The summed E-state index contributed by atoms with van der Waals surface area (Å²) in [5.74, 6) is 1.01. The summed E-state index contributed by atoms with van der Waals surface area (Å²) in [4.78, 5) is 9.05. The molecule has 152 valence electrons. The van der Waals surface area contributed by atoms with Crippen LogP contribution in [0.2, 0.25) is 0 Å². The van der Waals surface area contributed by atoms with Gasteiger partial charge in [-0.25, -0.2) is 14.4 Å². The van der Waals surface area contributed by atoms with E-state index in [4.69, 9.17) is 9.15 Å². The van der Waals surface area contributed by atoms with Crippen LogP contribution in [0, 0.1) is 5.82 Å². The van der Waals surface area contributed by atoms with Crippen LogP contribution in [0.1, 0.15) is 31.1 Å². The highest BCUT2D eigenvalue weighted by Crippen LogP contribution is 2.22. The van der Waals surface area contributed by atoms with Gasteiger partial charge in [0.1, 0.15) is 12.0 Å². The molecule has 2 aromatic carbocycles. The number of ether oxygens (including phenoxy) is 1. The molecule has 0 spiro atoms. The van der Waals surface area contributed by atoms with E-state index in [9.17, 15) is 4.39 Å². The molecular weight excluding hydrogens is 371 g/mol. The van der Waals surface area contributed by atoms with E-state index in [1.54, 1.807) is 12.3 Å². The van der Waals surface area contributed by atoms with E-state index in [0.29, 0.717) is 24.9 Å². The Kier molecular flexibility index (Phi) is 6.84. The number of aliphatic imine (C=N–C) groups is 1. The maximum absolute atomic E-state index is 14.0. The highest BCUT2D eigenvalue weighted by atomic mass is 19.1. The van der Waals surface area contributed by atoms with Crippen LogP contribution in [-0.2, 0) is 6.54 Å². The Hall–Kier alpha value is -3.35. The summed E-state index contributed by atoms with van der Waals surface area (Å²) in [6.07, 6.45) is 1.61. The molecular formula is C22H25FN4O2. The number of hydrogen-bond donors (Lipinski definition) is 2. The molecule has 1 unspecified atom stereocenters. The Bertz CT molecular complexity index is 956. The zero-order valence-corrected chi connectivity index (χ0v) is 16.8. The molecule has 0 bridgehead atoms. The molecule has 0 fully saturated rings. The molecule has 0 saturated carbocycles. The van der Waals surface area contributed by atoms with Gasteiger partial charge in [-0.05, 0) is 43.7 Å².